The second-order valence-corrected chi connectivity index (χ2v) is 4.84. The predicted octanol–water partition coefficient (Wildman–Crippen LogP) is 1.78. The van der Waals surface area contributed by atoms with Gasteiger partial charge < -0.3 is 14.6 Å². The lowest BCUT2D eigenvalue weighted by Crippen LogP contribution is -2.30. The number of nitrogens with one attached hydrogen (secondary N) is 1. The number of hydrogen-bond acceptors (Lipinski definition) is 3. The number of para-hydroxylation sites is 1. The average Bonchev–Trinajstić information content (AvgIpc) is 2.85. The van der Waals surface area contributed by atoms with Crippen molar-refractivity contribution in [2.45, 2.75) is 19.9 Å². The topological polar surface area (TPSA) is 60.3 Å². The van der Waals surface area contributed by atoms with Crippen molar-refractivity contribution >= 4 is 23.1 Å². The van der Waals surface area contributed by atoms with Crippen LogP contribution in [0.15, 0.2) is 24.4 Å². The molecule has 0 unspecified atom stereocenters. The van der Waals surface area contributed by atoms with Gasteiger partial charge in [-0.15, -0.1) is 0 Å². The van der Waals surface area contributed by atoms with E-state index in [1.165, 1.54) is 0 Å². The Labute approximate surface area is 123 Å². The smallest absolute Gasteiger partial charge is 0.240 e. The summed E-state index contributed by atoms with van der Waals surface area (Å²) in [5, 5.41) is 3.69. The third kappa shape index (κ3) is 3.31. The van der Waals surface area contributed by atoms with Gasteiger partial charge in [0.2, 0.25) is 5.91 Å². The highest BCUT2D eigenvalue weighted by molar-refractivity contribution is 5.99. The van der Waals surface area contributed by atoms with E-state index in [2.05, 4.69) is 12.2 Å². The van der Waals surface area contributed by atoms with Crippen LogP contribution in [0.4, 0.5) is 0 Å². The molecule has 5 nitrogen and oxygen atoms in total. The Morgan fingerprint density at radius 1 is 1.43 bits per heavy atom. The fourth-order valence-corrected chi connectivity index (χ4v) is 2.47. The van der Waals surface area contributed by atoms with E-state index in [-0.39, 0.29) is 12.5 Å². The van der Waals surface area contributed by atoms with E-state index in [9.17, 15) is 9.59 Å². The van der Waals surface area contributed by atoms with Crippen molar-refractivity contribution in [3.8, 4) is 0 Å². The number of hydrogen-bond donors (Lipinski definition) is 1. The summed E-state index contributed by atoms with van der Waals surface area (Å²) >= 11 is 0. The zero-order chi connectivity index (χ0) is 15.2. The van der Waals surface area contributed by atoms with Crippen LogP contribution in [-0.2, 0) is 22.5 Å². The first-order valence-corrected chi connectivity index (χ1v) is 7.02. The normalized spacial score (nSPS) is 10.8. The number of fused-ring (bicyclic) bond motifs is 1. The van der Waals surface area contributed by atoms with Crippen LogP contribution in [0.5, 0.6) is 0 Å². The first-order valence-electron chi connectivity index (χ1n) is 7.02. The number of amides is 1. The average molecular weight is 288 g/mol. The van der Waals surface area contributed by atoms with Gasteiger partial charge in [0, 0.05) is 30.8 Å². The molecule has 0 radical (unpaired) electrons. The van der Waals surface area contributed by atoms with Crippen molar-refractivity contribution in [1.29, 1.82) is 0 Å². The van der Waals surface area contributed by atoms with Crippen LogP contribution in [-0.4, -0.2) is 37.0 Å². The molecule has 0 aliphatic carbocycles. The van der Waals surface area contributed by atoms with Crippen molar-refractivity contribution in [2.24, 2.45) is 0 Å². The van der Waals surface area contributed by atoms with Gasteiger partial charge in [-0.25, -0.2) is 0 Å². The van der Waals surface area contributed by atoms with Gasteiger partial charge >= 0.3 is 0 Å². The van der Waals surface area contributed by atoms with Crippen LogP contribution in [0.3, 0.4) is 0 Å². The van der Waals surface area contributed by atoms with Crippen LogP contribution < -0.4 is 5.32 Å². The van der Waals surface area contributed by atoms with Gasteiger partial charge in [-0.3, -0.25) is 9.59 Å². The standard InChI is InChI=1S/C16H20N2O3/c1-3-12-5-4-6-14-13(11-19)9-18(16(12)14)10-15(20)17-7-8-21-2/h4-6,9,11H,3,7-8,10H2,1-2H3,(H,17,20). The van der Waals surface area contributed by atoms with Gasteiger partial charge in [0.25, 0.3) is 0 Å². The highest BCUT2D eigenvalue weighted by Crippen LogP contribution is 2.24. The molecule has 5 heteroatoms. The molecule has 2 aromatic rings. The number of nitrogens with zero attached hydrogens (tertiary/aromatic N) is 1. The molecule has 1 amide bonds. The predicted molar refractivity (Wildman–Crippen MR) is 81.6 cm³/mol. The van der Waals surface area contributed by atoms with Crippen molar-refractivity contribution in [1.82, 2.24) is 9.88 Å². The number of carbonyl (C=O) groups is 2. The molecule has 0 aliphatic heterocycles. The largest absolute Gasteiger partial charge is 0.383 e. The summed E-state index contributed by atoms with van der Waals surface area (Å²) in [6.45, 7) is 3.23. The van der Waals surface area contributed by atoms with Crippen LogP contribution in [0.1, 0.15) is 22.8 Å². The lowest BCUT2D eigenvalue weighted by atomic mass is 10.1. The Kier molecular flexibility index (Phi) is 5.11. The summed E-state index contributed by atoms with van der Waals surface area (Å²) < 4.78 is 6.75. The summed E-state index contributed by atoms with van der Waals surface area (Å²) in [7, 11) is 1.59. The van der Waals surface area contributed by atoms with Crippen molar-refractivity contribution in [3.05, 3.63) is 35.5 Å². The van der Waals surface area contributed by atoms with Crippen LogP contribution in [0, 0.1) is 0 Å². The molecule has 0 aliphatic rings. The molecule has 1 aromatic heterocycles. The molecule has 0 saturated carbocycles. The van der Waals surface area contributed by atoms with E-state index in [1.807, 2.05) is 22.8 Å². The first-order chi connectivity index (χ1) is 10.2. The Bertz CT molecular complexity index is 646. The molecule has 112 valence electrons. The molecular weight excluding hydrogens is 268 g/mol. The lowest BCUT2D eigenvalue weighted by molar-refractivity contribution is -0.121. The molecular formula is C16H20N2O3. The second kappa shape index (κ2) is 7.04. The van der Waals surface area contributed by atoms with Crippen molar-refractivity contribution in [3.63, 3.8) is 0 Å². The summed E-state index contributed by atoms with van der Waals surface area (Å²) in [5.74, 6) is -0.0905. The minimum absolute atomic E-state index is 0.0905. The molecule has 2 rings (SSSR count). The molecule has 0 atom stereocenters. The maximum Gasteiger partial charge on any atom is 0.240 e. The number of benzene rings is 1. The summed E-state index contributed by atoms with van der Waals surface area (Å²) in [6.07, 6.45) is 3.43. The fraction of sp³-hybridized carbons (Fsp3) is 0.375. The number of aryl methyl sites for hydroxylation is 1. The molecule has 1 heterocycles. The Balaban J connectivity index is 2.30. The van der Waals surface area contributed by atoms with Gasteiger partial charge in [-0.2, -0.15) is 0 Å². The molecule has 0 spiro atoms. The van der Waals surface area contributed by atoms with Crippen LogP contribution in [0.2, 0.25) is 0 Å². The zero-order valence-corrected chi connectivity index (χ0v) is 12.4. The van der Waals surface area contributed by atoms with Gasteiger partial charge in [0.05, 0.1) is 12.1 Å². The molecule has 1 N–H and O–H groups in total. The van der Waals surface area contributed by atoms with Gasteiger partial charge in [0.1, 0.15) is 6.54 Å². The van der Waals surface area contributed by atoms with E-state index in [0.29, 0.717) is 18.7 Å². The Hall–Kier alpha value is -2.14. The first kappa shape index (κ1) is 15.3. The summed E-state index contributed by atoms with van der Waals surface area (Å²) in [4.78, 5) is 23.2. The van der Waals surface area contributed by atoms with Crippen molar-refractivity contribution < 1.29 is 14.3 Å². The highest BCUT2D eigenvalue weighted by Gasteiger charge is 2.13. The lowest BCUT2D eigenvalue weighted by Gasteiger charge is -2.09. The molecule has 0 fully saturated rings. The zero-order valence-electron chi connectivity index (χ0n) is 12.4. The van der Waals surface area contributed by atoms with Gasteiger partial charge in [-0.05, 0) is 12.0 Å². The number of ether oxygens (including phenoxy) is 1. The SMILES string of the molecule is CCc1cccc2c(C=O)cn(CC(=O)NCCOC)c12. The Morgan fingerprint density at radius 3 is 2.90 bits per heavy atom. The minimum Gasteiger partial charge on any atom is -0.383 e. The van der Waals surface area contributed by atoms with Crippen LogP contribution >= 0.6 is 0 Å². The number of aldehydes is 1. The number of aromatic nitrogens is 1. The summed E-state index contributed by atoms with van der Waals surface area (Å²) in [6, 6.07) is 5.88. The quantitative estimate of drug-likeness (QED) is 0.624. The highest BCUT2D eigenvalue weighted by atomic mass is 16.5. The molecule has 0 bridgehead atoms. The van der Waals surface area contributed by atoms with E-state index >= 15 is 0 Å². The van der Waals surface area contributed by atoms with E-state index in [1.54, 1.807) is 13.3 Å². The number of carbonyl (C=O) groups excluding carboxylic acids is 2. The van der Waals surface area contributed by atoms with E-state index in [0.717, 1.165) is 29.2 Å². The van der Waals surface area contributed by atoms with E-state index in [4.69, 9.17) is 4.74 Å². The fourth-order valence-electron chi connectivity index (χ4n) is 2.47. The van der Waals surface area contributed by atoms with Crippen LogP contribution in [0.25, 0.3) is 10.9 Å². The van der Waals surface area contributed by atoms with Gasteiger partial charge in [-0.1, -0.05) is 25.1 Å². The number of methoxy groups -OCH3 is 1. The van der Waals surface area contributed by atoms with Gasteiger partial charge in [0.15, 0.2) is 6.29 Å². The maximum atomic E-state index is 12.0. The molecule has 21 heavy (non-hydrogen) atoms. The molecule has 0 saturated heterocycles. The third-order valence-electron chi connectivity index (χ3n) is 3.46. The van der Waals surface area contributed by atoms with E-state index < -0.39 is 0 Å². The monoisotopic (exact) mass is 288 g/mol. The third-order valence-corrected chi connectivity index (χ3v) is 3.46. The second-order valence-electron chi connectivity index (χ2n) is 4.84. The number of rotatable bonds is 7. The summed E-state index contributed by atoms with van der Waals surface area (Å²) in [5.41, 5.74) is 2.71. The Morgan fingerprint density at radius 2 is 2.24 bits per heavy atom. The maximum absolute atomic E-state index is 12.0. The molecule has 1 aromatic carbocycles. The minimum atomic E-state index is -0.0905. The van der Waals surface area contributed by atoms with Crippen molar-refractivity contribution in [2.75, 3.05) is 20.3 Å².